The fraction of sp³-hybridized carbons (Fsp3) is 0.467. The highest BCUT2D eigenvalue weighted by Gasteiger charge is 2.35. The first-order chi connectivity index (χ1) is 11.9. The van der Waals surface area contributed by atoms with Crippen molar-refractivity contribution in [1.82, 2.24) is 5.06 Å². The standard InChI is InChI=1S/C15H21NO8S2/c1-5-13(17)23-16(15(2,3)4)14(18)24-26(21,22)12-9-7-6-8-11(12)10-25(19)20/h6-9H,5,10H2,1-4H3,(H,19,20)/p-1. The Morgan fingerprint density at radius 1 is 1.23 bits per heavy atom. The normalized spacial score (nSPS) is 13.0. The smallest absolute Gasteiger partial charge is 0.459 e. The maximum atomic E-state index is 12.4. The van der Waals surface area contributed by atoms with E-state index in [4.69, 9.17) is 4.84 Å². The van der Waals surface area contributed by atoms with Gasteiger partial charge in [0.15, 0.2) is 0 Å². The molecule has 0 radical (unpaired) electrons. The summed E-state index contributed by atoms with van der Waals surface area (Å²) in [5.74, 6) is -1.32. The van der Waals surface area contributed by atoms with Crippen molar-refractivity contribution >= 4 is 33.3 Å². The van der Waals surface area contributed by atoms with Crippen LogP contribution in [0.4, 0.5) is 4.79 Å². The van der Waals surface area contributed by atoms with E-state index in [0.29, 0.717) is 5.06 Å². The molecule has 1 rings (SSSR count). The van der Waals surface area contributed by atoms with Gasteiger partial charge in [-0.1, -0.05) is 36.2 Å². The Balaban J connectivity index is 3.17. The molecule has 0 heterocycles. The lowest BCUT2D eigenvalue weighted by molar-refractivity contribution is -0.197. The molecule has 146 valence electrons. The summed E-state index contributed by atoms with van der Waals surface area (Å²) in [7, 11) is -4.64. The molecular weight excluding hydrogens is 386 g/mol. The molecule has 0 saturated carbocycles. The van der Waals surface area contributed by atoms with E-state index in [-0.39, 0.29) is 12.0 Å². The van der Waals surface area contributed by atoms with E-state index in [9.17, 15) is 26.8 Å². The van der Waals surface area contributed by atoms with Crippen molar-refractivity contribution in [3.05, 3.63) is 29.8 Å². The second-order valence-electron chi connectivity index (χ2n) is 6.14. The van der Waals surface area contributed by atoms with Crippen LogP contribution in [0.25, 0.3) is 0 Å². The second-order valence-corrected chi connectivity index (χ2v) is 8.55. The minimum atomic E-state index is -4.64. The third-order valence-electron chi connectivity index (χ3n) is 2.95. The van der Waals surface area contributed by atoms with Crippen LogP contribution in [0.5, 0.6) is 0 Å². The van der Waals surface area contributed by atoms with Crippen LogP contribution in [0.15, 0.2) is 29.2 Å². The van der Waals surface area contributed by atoms with Gasteiger partial charge in [-0.15, -0.1) is 5.06 Å². The lowest BCUT2D eigenvalue weighted by Gasteiger charge is -2.31. The number of carbonyl (C=O) groups is 2. The third kappa shape index (κ3) is 6.07. The van der Waals surface area contributed by atoms with Gasteiger partial charge in [0.1, 0.15) is 4.90 Å². The van der Waals surface area contributed by atoms with Crippen LogP contribution >= 0.6 is 0 Å². The summed E-state index contributed by atoms with van der Waals surface area (Å²) in [6.07, 6.45) is -1.46. The molecule has 1 unspecified atom stereocenters. The molecule has 11 heteroatoms. The van der Waals surface area contributed by atoms with Crippen molar-refractivity contribution in [2.75, 3.05) is 0 Å². The van der Waals surface area contributed by atoms with E-state index in [0.717, 1.165) is 6.07 Å². The first kappa shape index (κ1) is 22.1. The highest BCUT2D eigenvalue weighted by Crippen LogP contribution is 2.23. The second kappa shape index (κ2) is 8.60. The van der Waals surface area contributed by atoms with Gasteiger partial charge in [0.2, 0.25) is 0 Å². The number of carbonyl (C=O) groups excluding carboxylic acids is 2. The average molecular weight is 406 g/mol. The number of hydrogen-bond acceptors (Lipinski definition) is 8. The highest BCUT2D eigenvalue weighted by atomic mass is 32.2. The minimum absolute atomic E-state index is 0.0369. The van der Waals surface area contributed by atoms with E-state index < -0.39 is 49.4 Å². The summed E-state index contributed by atoms with van der Waals surface area (Å²) in [6.45, 7) is 6.04. The Hall–Kier alpha value is -1.98. The lowest BCUT2D eigenvalue weighted by atomic mass is 10.1. The number of amides is 1. The summed E-state index contributed by atoms with van der Waals surface area (Å²) in [5.41, 5.74) is -1.13. The van der Waals surface area contributed by atoms with Crippen LogP contribution in [0.3, 0.4) is 0 Å². The van der Waals surface area contributed by atoms with Gasteiger partial charge in [-0.3, -0.25) is 4.21 Å². The van der Waals surface area contributed by atoms with Crippen molar-refractivity contribution in [1.29, 1.82) is 0 Å². The molecule has 0 aromatic heterocycles. The Bertz CT molecular complexity index is 798. The van der Waals surface area contributed by atoms with Crippen LogP contribution in [0.2, 0.25) is 0 Å². The molecule has 0 aliphatic rings. The van der Waals surface area contributed by atoms with Gasteiger partial charge in [-0.2, -0.15) is 8.42 Å². The summed E-state index contributed by atoms with van der Waals surface area (Å²) >= 11 is -2.54. The summed E-state index contributed by atoms with van der Waals surface area (Å²) in [6, 6.07) is 5.21. The zero-order valence-corrected chi connectivity index (χ0v) is 16.4. The van der Waals surface area contributed by atoms with Gasteiger partial charge in [-0.05, 0) is 32.4 Å². The maximum absolute atomic E-state index is 12.4. The number of rotatable bonds is 5. The number of nitrogens with zero attached hydrogens (tertiary/aromatic N) is 1. The van der Waals surface area contributed by atoms with Crippen LogP contribution in [-0.2, 0) is 40.8 Å². The predicted molar refractivity (Wildman–Crippen MR) is 90.7 cm³/mol. The molecule has 0 fully saturated rings. The molecule has 26 heavy (non-hydrogen) atoms. The van der Waals surface area contributed by atoms with Gasteiger partial charge < -0.3 is 13.6 Å². The van der Waals surface area contributed by atoms with E-state index in [1.165, 1.54) is 45.9 Å². The zero-order chi connectivity index (χ0) is 20.1. The molecule has 1 aromatic carbocycles. The predicted octanol–water partition coefficient (Wildman–Crippen LogP) is 1.86. The monoisotopic (exact) mass is 406 g/mol. The van der Waals surface area contributed by atoms with E-state index >= 15 is 0 Å². The first-order valence-electron chi connectivity index (χ1n) is 7.51. The van der Waals surface area contributed by atoms with Gasteiger partial charge >= 0.3 is 22.2 Å². The molecule has 0 aliphatic carbocycles. The van der Waals surface area contributed by atoms with Gasteiger partial charge in [0.25, 0.3) is 0 Å². The fourth-order valence-corrected chi connectivity index (χ4v) is 3.43. The Morgan fingerprint density at radius 2 is 1.81 bits per heavy atom. The number of hydrogen-bond donors (Lipinski definition) is 0. The molecule has 0 saturated heterocycles. The molecule has 1 atom stereocenters. The molecule has 9 nitrogen and oxygen atoms in total. The maximum Gasteiger partial charge on any atom is 0.459 e. The molecule has 0 aliphatic heterocycles. The van der Waals surface area contributed by atoms with Crippen molar-refractivity contribution in [3.8, 4) is 0 Å². The molecule has 0 N–H and O–H groups in total. The SMILES string of the molecule is CCC(=O)ON(C(=O)OS(=O)(=O)c1ccccc1CS(=O)[O-])C(C)(C)C. The minimum Gasteiger partial charge on any atom is -0.772 e. The Labute approximate surface area is 154 Å². The number of benzene rings is 1. The van der Waals surface area contributed by atoms with Crippen molar-refractivity contribution in [3.63, 3.8) is 0 Å². The summed E-state index contributed by atoms with van der Waals surface area (Å²) in [4.78, 5) is 28.2. The van der Waals surface area contributed by atoms with Crippen molar-refractivity contribution in [2.24, 2.45) is 0 Å². The van der Waals surface area contributed by atoms with E-state index in [1.54, 1.807) is 0 Å². The van der Waals surface area contributed by atoms with Crippen LogP contribution in [0, 0.1) is 0 Å². The van der Waals surface area contributed by atoms with E-state index in [1.807, 2.05) is 0 Å². The summed E-state index contributed by atoms with van der Waals surface area (Å²) < 4.78 is 51.2. The largest absolute Gasteiger partial charge is 0.772 e. The first-order valence-corrected chi connectivity index (χ1v) is 10.2. The fourth-order valence-electron chi connectivity index (χ4n) is 1.78. The molecule has 0 spiro atoms. The molecule has 1 amide bonds. The Morgan fingerprint density at radius 3 is 2.31 bits per heavy atom. The highest BCUT2D eigenvalue weighted by molar-refractivity contribution is 7.87. The average Bonchev–Trinajstić information content (AvgIpc) is 2.50. The molecular formula is C15H20NO8S2-. The Kier molecular flexibility index (Phi) is 7.30. The van der Waals surface area contributed by atoms with Gasteiger partial charge in [0, 0.05) is 12.2 Å². The van der Waals surface area contributed by atoms with Gasteiger partial charge in [0.05, 0.1) is 5.54 Å². The van der Waals surface area contributed by atoms with Crippen LogP contribution < -0.4 is 0 Å². The van der Waals surface area contributed by atoms with E-state index in [2.05, 4.69) is 4.18 Å². The van der Waals surface area contributed by atoms with Crippen LogP contribution in [0.1, 0.15) is 39.7 Å². The van der Waals surface area contributed by atoms with Crippen molar-refractivity contribution in [2.45, 2.75) is 50.3 Å². The van der Waals surface area contributed by atoms with Crippen molar-refractivity contribution < 1.29 is 35.8 Å². The third-order valence-corrected chi connectivity index (χ3v) is 4.80. The van der Waals surface area contributed by atoms with Crippen LogP contribution in [-0.4, -0.2) is 39.8 Å². The molecule has 0 bridgehead atoms. The quantitative estimate of drug-likeness (QED) is 0.411. The number of hydroxylamine groups is 2. The van der Waals surface area contributed by atoms with Gasteiger partial charge in [-0.25, -0.2) is 9.59 Å². The topological polar surface area (TPSA) is 130 Å². The summed E-state index contributed by atoms with van der Waals surface area (Å²) in [5, 5.41) is 0.519. The lowest BCUT2D eigenvalue weighted by Crippen LogP contribution is -2.47. The zero-order valence-electron chi connectivity index (χ0n) is 14.8. The molecule has 1 aromatic rings.